The Morgan fingerprint density at radius 3 is 2.11 bits per heavy atom. The highest BCUT2D eigenvalue weighted by Crippen LogP contribution is 2.35. The van der Waals surface area contributed by atoms with Gasteiger partial charge in [0.2, 0.25) is 0 Å². The van der Waals surface area contributed by atoms with E-state index in [0.29, 0.717) is 11.3 Å². The Balaban J connectivity index is 1.29. The molecule has 0 radical (unpaired) electrons. The average molecular weight is 489 g/mol. The van der Waals surface area contributed by atoms with Crippen molar-refractivity contribution >= 4 is 28.5 Å². The highest BCUT2D eigenvalue weighted by molar-refractivity contribution is 6.32. The molecular weight excluding hydrogens is 456 g/mol. The summed E-state index contributed by atoms with van der Waals surface area (Å²) in [6, 6.07) is 35.2. The molecule has 4 N–H and O–H groups in total. The van der Waals surface area contributed by atoms with Crippen molar-refractivity contribution in [1.29, 1.82) is 0 Å². The van der Waals surface area contributed by atoms with Gasteiger partial charge in [-0.15, -0.1) is 0 Å². The first-order valence-electron chi connectivity index (χ1n) is 12.6. The number of allylic oxidation sites excluding steroid dienone is 1. The fraction of sp³-hybridized carbons (Fsp3) is 0.156. The number of carbonyl (C=O) groups is 1. The summed E-state index contributed by atoms with van der Waals surface area (Å²) >= 11 is 0. The van der Waals surface area contributed by atoms with Crippen molar-refractivity contribution in [3.05, 3.63) is 131 Å². The van der Waals surface area contributed by atoms with Gasteiger partial charge in [0.25, 0.3) is 5.91 Å². The summed E-state index contributed by atoms with van der Waals surface area (Å²) in [6.07, 6.45) is 1.01. The molecule has 0 saturated heterocycles. The average Bonchev–Trinajstić information content (AvgIpc) is 3.24. The Hall–Kier alpha value is -4.35. The highest BCUT2D eigenvalue weighted by atomic mass is 16.2. The number of fused-ring (bicyclic) bond motifs is 1. The molecule has 0 atom stereocenters. The highest BCUT2D eigenvalue weighted by Gasteiger charge is 2.26. The maximum absolute atomic E-state index is 12.6. The van der Waals surface area contributed by atoms with E-state index in [4.69, 9.17) is 5.73 Å². The smallest absolute Gasteiger partial charge is 0.258 e. The third-order valence-electron chi connectivity index (χ3n) is 6.66. The molecule has 37 heavy (non-hydrogen) atoms. The molecule has 1 aliphatic heterocycles. The number of nitrogen functional groups attached to an aromatic ring is 1. The summed E-state index contributed by atoms with van der Waals surface area (Å²) in [6.45, 7) is 4.65. The van der Waals surface area contributed by atoms with Crippen molar-refractivity contribution in [2.75, 3.05) is 22.9 Å². The van der Waals surface area contributed by atoms with E-state index in [2.05, 4.69) is 100 Å². The summed E-state index contributed by atoms with van der Waals surface area (Å²) in [7, 11) is 0. The molecule has 0 fully saturated rings. The van der Waals surface area contributed by atoms with Gasteiger partial charge in [-0.2, -0.15) is 0 Å². The molecule has 0 unspecified atom stereocenters. The SMILES string of the molecule is C/C(Nc1ccc(CN(CCc2ccccc2)Cc2ccccc2)cc1)=C1/C(=O)Nc2ccc(N)cc21. The molecule has 186 valence electrons. The molecule has 0 aliphatic carbocycles. The van der Waals surface area contributed by atoms with Gasteiger partial charge >= 0.3 is 0 Å². The van der Waals surface area contributed by atoms with E-state index in [9.17, 15) is 4.79 Å². The maximum Gasteiger partial charge on any atom is 0.258 e. The maximum atomic E-state index is 12.6. The first-order valence-corrected chi connectivity index (χ1v) is 12.6. The number of nitrogens with two attached hydrogens (primary N) is 1. The van der Waals surface area contributed by atoms with Crippen molar-refractivity contribution in [1.82, 2.24) is 4.90 Å². The second kappa shape index (κ2) is 11.1. The number of rotatable bonds is 9. The van der Waals surface area contributed by atoms with E-state index in [1.54, 1.807) is 6.07 Å². The van der Waals surface area contributed by atoms with Crippen molar-refractivity contribution in [3.63, 3.8) is 0 Å². The zero-order chi connectivity index (χ0) is 25.6. The lowest BCUT2D eigenvalue weighted by molar-refractivity contribution is -0.110. The fourth-order valence-electron chi connectivity index (χ4n) is 4.78. The van der Waals surface area contributed by atoms with Crippen molar-refractivity contribution in [2.45, 2.75) is 26.4 Å². The molecule has 0 bridgehead atoms. The summed E-state index contributed by atoms with van der Waals surface area (Å²) in [5.74, 6) is -0.114. The van der Waals surface area contributed by atoms with Crippen molar-refractivity contribution in [2.24, 2.45) is 0 Å². The molecule has 5 heteroatoms. The van der Waals surface area contributed by atoms with Gasteiger partial charge in [0, 0.05) is 48.0 Å². The van der Waals surface area contributed by atoms with Crippen LogP contribution in [0.4, 0.5) is 17.1 Å². The van der Waals surface area contributed by atoms with Crippen LogP contribution in [0.25, 0.3) is 5.57 Å². The fourth-order valence-corrected chi connectivity index (χ4v) is 4.78. The van der Waals surface area contributed by atoms with Crippen molar-refractivity contribution in [3.8, 4) is 0 Å². The van der Waals surface area contributed by atoms with Crippen LogP contribution < -0.4 is 16.4 Å². The minimum absolute atomic E-state index is 0.114. The van der Waals surface area contributed by atoms with E-state index in [0.717, 1.165) is 48.7 Å². The molecule has 1 amide bonds. The van der Waals surface area contributed by atoms with Crippen LogP contribution in [0.15, 0.2) is 109 Å². The standard InChI is InChI=1S/C32H32N4O/c1-23(31-29-20-27(33)14-17-30(29)35-32(31)37)34-28-15-12-26(13-16-28)22-36(21-25-10-6-3-7-11-25)19-18-24-8-4-2-5-9-24/h2-17,20,34H,18-19,21-22,33H2,1H3,(H,35,37)/b31-23-. The minimum Gasteiger partial charge on any atom is -0.399 e. The Morgan fingerprint density at radius 1 is 0.811 bits per heavy atom. The molecule has 5 rings (SSSR count). The number of amides is 1. The van der Waals surface area contributed by atoms with Gasteiger partial charge in [0.1, 0.15) is 0 Å². The lowest BCUT2D eigenvalue weighted by atomic mass is 10.0. The second-order valence-electron chi connectivity index (χ2n) is 9.51. The quantitative estimate of drug-likeness (QED) is 0.191. The van der Waals surface area contributed by atoms with Crippen LogP contribution >= 0.6 is 0 Å². The minimum atomic E-state index is -0.114. The van der Waals surface area contributed by atoms with E-state index in [-0.39, 0.29) is 5.91 Å². The monoisotopic (exact) mass is 488 g/mol. The third kappa shape index (κ3) is 6.08. The van der Waals surface area contributed by atoms with Crippen LogP contribution in [-0.4, -0.2) is 17.4 Å². The van der Waals surface area contributed by atoms with Gasteiger partial charge in [0.05, 0.1) is 5.57 Å². The lowest BCUT2D eigenvalue weighted by Gasteiger charge is -2.23. The number of hydrogen-bond acceptors (Lipinski definition) is 4. The zero-order valence-corrected chi connectivity index (χ0v) is 21.1. The van der Waals surface area contributed by atoms with E-state index < -0.39 is 0 Å². The zero-order valence-electron chi connectivity index (χ0n) is 21.1. The molecule has 4 aromatic carbocycles. The Kier molecular flexibility index (Phi) is 7.33. The number of hydrogen-bond donors (Lipinski definition) is 3. The van der Waals surface area contributed by atoms with Crippen LogP contribution in [-0.2, 0) is 24.3 Å². The number of carbonyl (C=O) groups excluding carboxylic acids is 1. The predicted molar refractivity (Wildman–Crippen MR) is 153 cm³/mol. The van der Waals surface area contributed by atoms with Gasteiger partial charge in [-0.25, -0.2) is 0 Å². The van der Waals surface area contributed by atoms with Crippen LogP contribution in [0.1, 0.15) is 29.2 Å². The van der Waals surface area contributed by atoms with Crippen LogP contribution in [0.3, 0.4) is 0 Å². The third-order valence-corrected chi connectivity index (χ3v) is 6.66. The van der Waals surface area contributed by atoms with Gasteiger partial charge < -0.3 is 16.4 Å². The van der Waals surface area contributed by atoms with E-state index >= 15 is 0 Å². The molecule has 0 spiro atoms. The van der Waals surface area contributed by atoms with E-state index in [1.165, 1.54) is 16.7 Å². The summed E-state index contributed by atoms with van der Waals surface area (Å²) in [5, 5.41) is 6.32. The van der Waals surface area contributed by atoms with Gasteiger partial charge in [-0.1, -0.05) is 72.8 Å². The second-order valence-corrected chi connectivity index (χ2v) is 9.51. The van der Waals surface area contributed by atoms with E-state index in [1.807, 2.05) is 19.1 Å². The number of nitrogens with zero attached hydrogens (tertiary/aromatic N) is 1. The molecule has 5 nitrogen and oxygen atoms in total. The van der Waals surface area contributed by atoms with Gasteiger partial charge in [-0.05, 0) is 60.4 Å². The lowest BCUT2D eigenvalue weighted by Crippen LogP contribution is -2.25. The van der Waals surface area contributed by atoms with Crippen LogP contribution in [0.2, 0.25) is 0 Å². The number of nitrogens with one attached hydrogen (secondary N) is 2. The Bertz CT molecular complexity index is 1400. The summed E-state index contributed by atoms with van der Waals surface area (Å²) < 4.78 is 0. The predicted octanol–water partition coefficient (Wildman–Crippen LogP) is 6.31. The first-order chi connectivity index (χ1) is 18.0. The van der Waals surface area contributed by atoms with Gasteiger partial charge in [-0.3, -0.25) is 9.69 Å². The molecule has 1 heterocycles. The molecule has 1 aliphatic rings. The molecular formula is C32H32N4O. The van der Waals surface area contributed by atoms with Crippen molar-refractivity contribution < 1.29 is 4.79 Å². The summed E-state index contributed by atoms with van der Waals surface area (Å²) in [4.78, 5) is 15.1. The molecule has 0 saturated carbocycles. The topological polar surface area (TPSA) is 70.4 Å². The normalized spacial score (nSPS) is 13.8. The summed E-state index contributed by atoms with van der Waals surface area (Å²) in [5.41, 5.74) is 14.5. The van der Waals surface area contributed by atoms with Crippen LogP contribution in [0, 0.1) is 0 Å². The molecule has 4 aromatic rings. The Labute approximate surface area is 218 Å². The first kappa shape index (κ1) is 24.3. The largest absolute Gasteiger partial charge is 0.399 e. The van der Waals surface area contributed by atoms with Crippen LogP contribution in [0.5, 0.6) is 0 Å². The Morgan fingerprint density at radius 2 is 1.43 bits per heavy atom. The van der Waals surface area contributed by atoms with Gasteiger partial charge in [0.15, 0.2) is 0 Å². The number of anilines is 3. The number of benzene rings is 4. The molecule has 0 aromatic heterocycles.